The largest absolute Gasteiger partial charge is 0.349 e. The van der Waals surface area contributed by atoms with Gasteiger partial charge in [-0.05, 0) is 32.4 Å². The maximum absolute atomic E-state index is 12.2. The summed E-state index contributed by atoms with van der Waals surface area (Å²) in [5.74, 6) is -0.370. The number of hydrogen-bond acceptors (Lipinski definition) is 4. The van der Waals surface area contributed by atoms with Gasteiger partial charge in [0, 0.05) is 36.7 Å². The van der Waals surface area contributed by atoms with Crippen LogP contribution < -0.4 is 10.9 Å². The number of nitrogens with zero attached hydrogens (tertiary/aromatic N) is 2. The molecule has 1 atom stereocenters. The van der Waals surface area contributed by atoms with E-state index in [0.29, 0.717) is 12.0 Å². The fourth-order valence-corrected chi connectivity index (χ4v) is 2.23. The maximum Gasteiger partial charge on any atom is 0.261 e. The molecule has 2 aromatic rings. The minimum Gasteiger partial charge on any atom is -0.349 e. The Balaban J connectivity index is 2.10. The van der Waals surface area contributed by atoms with E-state index in [-0.39, 0.29) is 23.1 Å². The predicted molar refractivity (Wildman–Crippen MR) is 79.2 cm³/mol. The second-order valence-electron chi connectivity index (χ2n) is 5.11. The SMILES string of the molecule is Cc1cc(C)c(C(=O)NC(C)Cc2cnccn2)c(=O)[nH]1. The second kappa shape index (κ2) is 6.30. The third-order valence-corrected chi connectivity index (χ3v) is 3.10. The third kappa shape index (κ3) is 3.75. The van der Waals surface area contributed by atoms with E-state index in [1.807, 2.05) is 6.92 Å². The summed E-state index contributed by atoms with van der Waals surface area (Å²) in [5.41, 5.74) is 1.99. The van der Waals surface area contributed by atoms with Crippen LogP contribution in [0.1, 0.15) is 34.2 Å². The van der Waals surface area contributed by atoms with E-state index in [1.165, 1.54) is 0 Å². The van der Waals surface area contributed by atoms with Crippen LogP contribution in [0.3, 0.4) is 0 Å². The summed E-state index contributed by atoms with van der Waals surface area (Å²) in [4.78, 5) is 34.9. The summed E-state index contributed by atoms with van der Waals surface area (Å²) in [5, 5.41) is 2.82. The lowest BCUT2D eigenvalue weighted by atomic mass is 10.1. The standard InChI is InChI=1S/C15H18N4O2/c1-9-6-10(2)18-14(20)13(9)15(21)19-11(3)7-12-8-16-4-5-17-12/h4-6,8,11H,7H2,1-3H3,(H,18,20)(H,19,21). The first-order chi connectivity index (χ1) is 9.97. The molecular formula is C15H18N4O2. The van der Waals surface area contributed by atoms with Crippen LogP contribution in [-0.4, -0.2) is 26.9 Å². The number of rotatable bonds is 4. The molecule has 0 fully saturated rings. The molecule has 0 saturated heterocycles. The predicted octanol–water partition coefficient (Wildman–Crippen LogP) is 1.14. The third-order valence-electron chi connectivity index (χ3n) is 3.10. The van der Waals surface area contributed by atoms with Gasteiger partial charge in [0.05, 0.1) is 5.69 Å². The molecule has 0 aliphatic carbocycles. The van der Waals surface area contributed by atoms with E-state index in [9.17, 15) is 9.59 Å². The summed E-state index contributed by atoms with van der Waals surface area (Å²) >= 11 is 0. The van der Waals surface area contributed by atoms with Gasteiger partial charge in [-0.3, -0.25) is 19.6 Å². The number of pyridine rings is 1. The summed E-state index contributed by atoms with van der Waals surface area (Å²) < 4.78 is 0. The molecule has 0 aromatic carbocycles. The molecule has 6 heteroatoms. The normalized spacial score (nSPS) is 12.0. The molecule has 0 saturated carbocycles. The smallest absolute Gasteiger partial charge is 0.261 e. The fraction of sp³-hybridized carbons (Fsp3) is 0.333. The Morgan fingerprint density at radius 1 is 1.38 bits per heavy atom. The van der Waals surface area contributed by atoms with Gasteiger partial charge in [0.1, 0.15) is 5.56 Å². The van der Waals surface area contributed by atoms with Gasteiger partial charge < -0.3 is 10.3 Å². The van der Waals surface area contributed by atoms with Gasteiger partial charge in [0.2, 0.25) is 0 Å². The second-order valence-corrected chi connectivity index (χ2v) is 5.11. The molecule has 2 rings (SSSR count). The van der Waals surface area contributed by atoms with Crippen molar-refractivity contribution in [1.82, 2.24) is 20.3 Å². The highest BCUT2D eigenvalue weighted by atomic mass is 16.2. The summed E-state index contributed by atoms with van der Waals surface area (Å²) in [6, 6.07) is 1.64. The van der Waals surface area contributed by atoms with Gasteiger partial charge in [-0.25, -0.2) is 0 Å². The van der Waals surface area contributed by atoms with E-state index < -0.39 is 0 Å². The van der Waals surface area contributed by atoms with Gasteiger partial charge in [-0.2, -0.15) is 0 Å². The molecule has 1 unspecified atom stereocenters. The first-order valence-electron chi connectivity index (χ1n) is 6.73. The lowest BCUT2D eigenvalue weighted by Crippen LogP contribution is -2.38. The number of carbonyl (C=O) groups excluding carboxylic acids is 1. The van der Waals surface area contributed by atoms with Gasteiger partial charge in [0.25, 0.3) is 11.5 Å². The Morgan fingerprint density at radius 3 is 2.76 bits per heavy atom. The molecule has 0 spiro atoms. The van der Waals surface area contributed by atoms with Crippen molar-refractivity contribution < 1.29 is 4.79 Å². The lowest BCUT2D eigenvalue weighted by Gasteiger charge is -2.14. The average molecular weight is 286 g/mol. The number of H-pyrrole nitrogens is 1. The zero-order valence-electron chi connectivity index (χ0n) is 12.3. The van der Waals surface area contributed by atoms with Crippen molar-refractivity contribution in [1.29, 1.82) is 0 Å². The van der Waals surface area contributed by atoms with Crippen molar-refractivity contribution in [3.05, 3.63) is 57.5 Å². The van der Waals surface area contributed by atoms with E-state index in [1.54, 1.807) is 38.5 Å². The van der Waals surface area contributed by atoms with Crippen LogP contribution in [0.4, 0.5) is 0 Å². The highest BCUT2D eigenvalue weighted by Gasteiger charge is 2.16. The van der Waals surface area contributed by atoms with Gasteiger partial charge in [-0.1, -0.05) is 0 Å². The van der Waals surface area contributed by atoms with E-state index in [0.717, 1.165) is 11.4 Å². The van der Waals surface area contributed by atoms with Gasteiger partial charge in [-0.15, -0.1) is 0 Å². The Bertz CT molecular complexity index is 695. The van der Waals surface area contributed by atoms with Crippen molar-refractivity contribution in [3.8, 4) is 0 Å². The lowest BCUT2D eigenvalue weighted by molar-refractivity contribution is 0.0937. The van der Waals surface area contributed by atoms with E-state index in [4.69, 9.17) is 0 Å². The Labute approximate surface area is 122 Å². The molecule has 6 nitrogen and oxygen atoms in total. The van der Waals surface area contributed by atoms with Crippen LogP contribution >= 0.6 is 0 Å². The number of aryl methyl sites for hydroxylation is 2. The number of carbonyl (C=O) groups is 1. The molecule has 110 valence electrons. The van der Waals surface area contributed by atoms with Crippen LogP contribution in [-0.2, 0) is 6.42 Å². The van der Waals surface area contributed by atoms with E-state index >= 15 is 0 Å². The highest BCUT2D eigenvalue weighted by Crippen LogP contribution is 2.05. The minimum atomic E-state index is -0.370. The summed E-state index contributed by atoms with van der Waals surface area (Å²) in [7, 11) is 0. The minimum absolute atomic E-state index is 0.144. The molecule has 2 aromatic heterocycles. The monoisotopic (exact) mass is 286 g/mol. The van der Waals surface area contributed by atoms with Crippen LogP contribution in [0.15, 0.2) is 29.5 Å². The molecule has 0 aliphatic rings. The number of aromatic nitrogens is 3. The topological polar surface area (TPSA) is 87.7 Å². The molecule has 0 aliphatic heterocycles. The molecule has 2 N–H and O–H groups in total. The molecule has 2 heterocycles. The first-order valence-corrected chi connectivity index (χ1v) is 6.73. The molecule has 0 bridgehead atoms. The Kier molecular flexibility index (Phi) is 4.47. The molecule has 0 radical (unpaired) electrons. The average Bonchev–Trinajstić information content (AvgIpc) is 2.38. The quantitative estimate of drug-likeness (QED) is 0.882. The van der Waals surface area contributed by atoms with Crippen LogP contribution in [0.2, 0.25) is 0 Å². The molecular weight excluding hydrogens is 268 g/mol. The Hall–Kier alpha value is -2.50. The first kappa shape index (κ1) is 14.9. The van der Waals surface area contributed by atoms with Crippen molar-refractivity contribution in [2.75, 3.05) is 0 Å². The van der Waals surface area contributed by atoms with Crippen LogP contribution in [0.25, 0.3) is 0 Å². The number of amides is 1. The van der Waals surface area contributed by atoms with Gasteiger partial charge >= 0.3 is 0 Å². The fourth-order valence-electron chi connectivity index (χ4n) is 2.23. The van der Waals surface area contributed by atoms with Crippen LogP contribution in [0, 0.1) is 13.8 Å². The van der Waals surface area contributed by atoms with Crippen molar-refractivity contribution >= 4 is 5.91 Å². The summed E-state index contributed by atoms with van der Waals surface area (Å²) in [6.07, 6.45) is 5.43. The van der Waals surface area contributed by atoms with Crippen molar-refractivity contribution in [3.63, 3.8) is 0 Å². The summed E-state index contributed by atoms with van der Waals surface area (Å²) in [6.45, 7) is 5.40. The zero-order valence-corrected chi connectivity index (χ0v) is 12.3. The maximum atomic E-state index is 12.2. The highest BCUT2D eigenvalue weighted by molar-refractivity contribution is 5.95. The molecule has 1 amide bonds. The number of hydrogen-bond donors (Lipinski definition) is 2. The van der Waals surface area contributed by atoms with Crippen molar-refractivity contribution in [2.24, 2.45) is 0 Å². The van der Waals surface area contributed by atoms with Crippen LogP contribution in [0.5, 0.6) is 0 Å². The molecule has 21 heavy (non-hydrogen) atoms. The zero-order chi connectivity index (χ0) is 15.4. The van der Waals surface area contributed by atoms with Gasteiger partial charge in [0.15, 0.2) is 0 Å². The Morgan fingerprint density at radius 2 is 2.14 bits per heavy atom. The van der Waals surface area contributed by atoms with Crippen molar-refractivity contribution in [2.45, 2.75) is 33.2 Å². The number of aromatic amines is 1. The number of nitrogens with one attached hydrogen (secondary N) is 2. The van der Waals surface area contributed by atoms with E-state index in [2.05, 4.69) is 20.3 Å².